The van der Waals surface area contributed by atoms with Crippen molar-refractivity contribution in [1.29, 1.82) is 0 Å². The Hall–Kier alpha value is -0.770. The lowest BCUT2D eigenvalue weighted by Crippen LogP contribution is -2.32. The van der Waals surface area contributed by atoms with Crippen molar-refractivity contribution in [3.8, 4) is 0 Å². The van der Waals surface area contributed by atoms with Crippen molar-refractivity contribution in [2.45, 2.75) is 20.8 Å². The second kappa shape index (κ2) is 6.71. The van der Waals surface area contributed by atoms with Crippen LogP contribution < -0.4 is 11.1 Å². The van der Waals surface area contributed by atoms with Crippen molar-refractivity contribution in [1.82, 2.24) is 5.32 Å². The molecule has 3 N–H and O–H groups in total. The van der Waals surface area contributed by atoms with Gasteiger partial charge in [0.05, 0.1) is 6.61 Å². The third kappa shape index (κ3) is 7.59. The molecule has 0 radical (unpaired) electrons. The van der Waals surface area contributed by atoms with Gasteiger partial charge in [-0.15, -0.1) is 0 Å². The minimum atomic E-state index is -0.353. The zero-order valence-corrected chi connectivity index (χ0v) is 8.67. The number of alkyl carbamates (subject to hydrolysis) is 1. The van der Waals surface area contributed by atoms with E-state index in [1.165, 1.54) is 0 Å². The van der Waals surface area contributed by atoms with Crippen LogP contribution in [-0.2, 0) is 4.74 Å². The largest absolute Gasteiger partial charge is 0.449 e. The lowest BCUT2D eigenvalue weighted by Gasteiger charge is -2.11. The lowest BCUT2D eigenvalue weighted by atomic mass is 10.2. The number of nitrogens with two attached hydrogens (primary N) is 1. The van der Waals surface area contributed by atoms with Gasteiger partial charge in [0.1, 0.15) is 0 Å². The number of rotatable bonds is 5. The predicted molar refractivity (Wildman–Crippen MR) is 52.4 cm³/mol. The molecule has 0 heterocycles. The average molecular weight is 188 g/mol. The Morgan fingerprint density at radius 3 is 2.54 bits per heavy atom. The molecule has 0 aromatic rings. The van der Waals surface area contributed by atoms with Gasteiger partial charge in [0, 0.05) is 6.54 Å². The Bertz CT molecular complexity index is 149. The molecule has 78 valence electrons. The van der Waals surface area contributed by atoms with E-state index in [1.54, 1.807) is 0 Å². The Kier molecular flexibility index (Phi) is 6.32. The van der Waals surface area contributed by atoms with E-state index >= 15 is 0 Å². The second-order valence-corrected chi connectivity index (χ2v) is 3.71. The number of ether oxygens (including phenoxy) is 1. The first kappa shape index (κ1) is 12.2. The molecule has 1 atom stereocenters. The standard InChI is InChI=1S/C9H20N2O2/c1-7(2)6-13-9(12)11-5-8(3)4-10/h7-8H,4-6,10H2,1-3H3,(H,11,12). The molecule has 13 heavy (non-hydrogen) atoms. The summed E-state index contributed by atoms with van der Waals surface area (Å²) >= 11 is 0. The van der Waals surface area contributed by atoms with Crippen molar-refractivity contribution < 1.29 is 9.53 Å². The summed E-state index contributed by atoms with van der Waals surface area (Å²) in [5.41, 5.74) is 5.39. The van der Waals surface area contributed by atoms with Gasteiger partial charge in [-0.1, -0.05) is 20.8 Å². The summed E-state index contributed by atoms with van der Waals surface area (Å²) in [6.45, 7) is 7.58. The van der Waals surface area contributed by atoms with E-state index in [0.29, 0.717) is 31.5 Å². The SMILES string of the molecule is CC(C)COC(=O)NCC(C)CN. The molecule has 0 fully saturated rings. The highest BCUT2D eigenvalue weighted by molar-refractivity contribution is 5.67. The smallest absolute Gasteiger partial charge is 0.407 e. The summed E-state index contributed by atoms with van der Waals surface area (Å²) < 4.78 is 4.91. The van der Waals surface area contributed by atoms with Crippen LogP contribution >= 0.6 is 0 Å². The number of carbonyl (C=O) groups excluding carboxylic acids is 1. The van der Waals surface area contributed by atoms with Crippen LogP contribution in [0.25, 0.3) is 0 Å². The Labute approximate surface area is 79.8 Å². The summed E-state index contributed by atoms with van der Waals surface area (Å²) in [5, 5.41) is 2.65. The van der Waals surface area contributed by atoms with Crippen molar-refractivity contribution >= 4 is 6.09 Å². The van der Waals surface area contributed by atoms with Crippen LogP contribution in [0.15, 0.2) is 0 Å². The summed E-state index contributed by atoms with van der Waals surface area (Å²) in [6.07, 6.45) is -0.353. The highest BCUT2D eigenvalue weighted by atomic mass is 16.5. The van der Waals surface area contributed by atoms with Gasteiger partial charge < -0.3 is 15.8 Å². The molecule has 0 saturated heterocycles. The number of amides is 1. The van der Waals surface area contributed by atoms with E-state index in [4.69, 9.17) is 10.5 Å². The monoisotopic (exact) mass is 188 g/mol. The van der Waals surface area contributed by atoms with Crippen molar-refractivity contribution in [3.63, 3.8) is 0 Å². The van der Waals surface area contributed by atoms with Gasteiger partial charge in [-0.2, -0.15) is 0 Å². The fourth-order valence-corrected chi connectivity index (χ4v) is 0.634. The van der Waals surface area contributed by atoms with E-state index in [-0.39, 0.29) is 6.09 Å². The molecule has 0 spiro atoms. The molecule has 0 saturated carbocycles. The zero-order valence-electron chi connectivity index (χ0n) is 8.67. The van der Waals surface area contributed by atoms with Crippen LogP contribution in [0.4, 0.5) is 4.79 Å². The van der Waals surface area contributed by atoms with Gasteiger partial charge >= 0.3 is 6.09 Å². The van der Waals surface area contributed by atoms with E-state index in [0.717, 1.165) is 0 Å². The van der Waals surface area contributed by atoms with E-state index < -0.39 is 0 Å². The first-order valence-electron chi connectivity index (χ1n) is 4.67. The van der Waals surface area contributed by atoms with Gasteiger partial charge in [0.2, 0.25) is 0 Å². The maximum Gasteiger partial charge on any atom is 0.407 e. The summed E-state index contributed by atoms with van der Waals surface area (Å²) in [4.78, 5) is 11.0. The second-order valence-electron chi connectivity index (χ2n) is 3.71. The molecule has 0 bridgehead atoms. The highest BCUT2D eigenvalue weighted by Gasteiger charge is 2.05. The molecule has 0 aliphatic rings. The fourth-order valence-electron chi connectivity index (χ4n) is 0.634. The third-order valence-electron chi connectivity index (χ3n) is 1.54. The molecule has 0 rings (SSSR count). The predicted octanol–water partition coefficient (Wildman–Crippen LogP) is 0.963. The van der Waals surface area contributed by atoms with E-state index in [1.807, 2.05) is 20.8 Å². The Balaban J connectivity index is 3.40. The molecular formula is C9H20N2O2. The first-order valence-corrected chi connectivity index (χ1v) is 4.67. The van der Waals surface area contributed by atoms with Crippen LogP contribution in [0, 0.1) is 11.8 Å². The van der Waals surface area contributed by atoms with Crippen molar-refractivity contribution in [2.24, 2.45) is 17.6 Å². The molecule has 0 aromatic heterocycles. The van der Waals surface area contributed by atoms with Crippen LogP contribution in [0.3, 0.4) is 0 Å². The third-order valence-corrected chi connectivity index (χ3v) is 1.54. The number of nitrogens with one attached hydrogen (secondary N) is 1. The van der Waals surface area contributed by atoms with Crippen molar-refractivity contribution in [2.75, 3.05) is 19.7 Å². The zero-order chi connectivity index (χ0) is 10.3. The Morgan fingerprint density at radius 2 is 2.08 bits per heavy atom. The first-order chi connectivity index (χ1) is 6.06. The molecule has 1 amide bonds. The minimum absolute atomic E-state index is 0.298. The van der Waals surface area contributed by atoms with Gasteiger partial charge in [-0.25, -0.2) is 4.79 Å². The molecular weight excluding hydrogens is 168 g/mol. The fraction of sp³-hybridized carbons (Fsp3) is 0.889. The molecule has 0 aromatic carbocycles. The summed E-state index contributed by atoms with van der Waals surface area (Å²) in [5.74, 6) is 0.671. The maximum absolute atomic E-state index is 11.0. The quantitative estimate of drug-likeness (QED) is 0.675. The highest BCUT2D eigenvalue weighted by Crippen LogP contribution is 1.93. The maximum atomic E-state index is 11.0. The summed E-state index contributed by atoms with van der Waals surface area (Å²) in [7, 11) is 0. The van der Waals surface area contributed by atoms with Crippen LogP contribution in [-0.4, -0.2) is 25.8 Å². The molecule has 4 heteroatoms. The summed E-state index contributed by atoms with van der Waals surface area (Å²) in [6, 6.07) is 0. The van der Waals surface area contributed by atoms with Gasteiger partial charge in [0.25, 0.3) is 0 Å². The van der Waals surface area contributed by atoms with Crippen molar-refractivity contribution in [3.05, 3.63) is 0 Å². The average Bonchev–Trinajstić information content (AvgIpc) is 2.10. The van der Waals surface area contributed by atoms with Crippen LogP contribution in [0.5, 0.6) is 0 Å². The van der Waals surface area contributed by atoms with Gasteiger partial charge in [-0.05, 0) is 18.4 Å². The molecule has 0 aliphatic heterocycles. The van der Waals surface area contributed by atoms with Gasteiger partial charge in [-0.3, -0.25) is 0 Å². The van der Waals surface area contributed by atoms with E-state index in [9.17, 15) is 4.79 Å². The van der Waals surface area contributed by atoms with Crippen LogP contribution in [0.1, 0.15) is 20.8 Å². The molecule has 1 unspecified atom stereocenters. The molecule has 4 nitrogen and oxygen atoms in total. The number of carbonyl (C=O) groups is 1. The number of hydrogen-bond donors (Lipinski definition) is 2. The van der Waals surface area contributed by atoms with Gasteiger partial charge in [0.15, 0.2) is 0 Å². The normalized spacial score (nSPS) is 12.7. The topological polar surface area (TPSA) is 64.3 Å². The molecule has 0 aliphatic carbocycles. The van der Waals surface area contributed by atoms with Crippen LogP contribution in [0.2, 0.25) is 0 Å². The van der Waals surface area contributed by atoms with E-state index in [2.05, 4.69) is 5.32 Å². The lowest BCUT2D eigenvalue weighted by molar-refractivity contribution is 0.132. The minimum Gasteiger partial charge on any atom is -0.449 e. The Morgan fingerprint density at radius 1 is 1.46 bits per heavy atom. The number of hydrogen-bond acceptors (Lipinski definition) is 3.